The van der Waals surface area contributed by atoms with Crippen LogP contribution in [0.15, 0.2) is 18.2 Å². The van der Waals surface area contributed by atoms with Gasteiger partial charge in [-0.15, -0.1) is 10.2 Å². The lowest BCUT2D eigenvalue weighted by atomic mass is 9.74. The lowest BCUT2D eigenvalue weighted by Gasteiger charge is -2.37. The molecule has 1 saturated carbocycles. The minimum atomic E-state index is -4.94. The molecular weight excluding hydrogens is 514 g/mol. The second-order valence-corrected chi connectivity index (χ2v) is 10.7. The molecule has 2 heterocycles. The summed E-state index contributed by atoms with van der Waals surface area (Å²) in [6.07, 6.45) is -6.20. The van der Waals surface area contributed by atoms with Crippen LogP contribution in [0.4, 0.5) is 26.3 Å². The first kappa shape index (κ1) is 28.3. The number of carbonyl (C=O) groups excluding carboxylic acids is 1. The number of aryl methyl sites for hydroxylation is 1. The molecule has 210 valence electrons. The van der Waals surface area contributed by atoms with Crippen LogP contribution in [0.1, 0.15) is 74.5 Å². The van der Waals surface area contributed by atoms with Crippen LogP contribution in [0, 0.1) is 18.3 Å². The molecule has 2 atom stereocenters. The Labute approximate surface area is 216 Å². The Hall–Kier alpha value is -2.70. The summed E-state index contributed by atoms with van der Waals surface area (Å²) in [4.78, 5) is 17.4. The van der Waals surface area contributed by atoms with E-state index >= 15 is 0 Å². The number of hydrogen-bond donors (Lipinski definition) is 1. The van der Waals surface area contributed by atoms with E-state index in [-0.39, 0.29) is 35.5 Å². The molecule has 38 heavy (non-hydrogen) atoms. The number of alkyl halides is 6. The molecule has 0 bridgehead atoms. The highest BCUT2D eigenvalue weighted by molar-refractivity contribution is 5.83. The van der Waals surface area contributed by atoms with Crippen molar-refractivity contribution in [1.29, 1.82) is 0 Å². The van der Waals surface area contributed by atoms with E-state index < -0.39 is 35.4 Å². The molecule has 1 saturated heterocycles. The van der Waals surface area contributed by atoms with Gasteiger partial charge in [0.2, 0.25) is 5.91 Å². The zero-order valence-corrected chi connectivity index (χ0v) is 21.5. The Balaban J connectivity index is 1.42. The van der Waals surface area contributed by atoms with Crippen molar-refractivity contribution >= 4 is 5.91 Å². The van der Waals surface area contributed by atoms with E-state index in [1.807, 2.05) is 13.8 Å². The number of benzene rings is 1. The van der Waals surface area contributed by atoms with Crippen molar-refractivity contribution < 1.29 is 31.1 Å². The summed E-state index contributed by atoms with van der Waals surface area (Å²) in [5.74, 6) is 0.230. The second kappa shape index (κ2) is 10.5. The Morgan fingerprint density at radius 1 is 1.03 bits per heavy atom. The molecule has 7 nitrogen and oxygen atoms in total. The summed E-state index contributed by atoms with van der Waals surface area (Å²) in [7, 11) is 0. The number of halogens is 6. The molecule has 13 heteroatoms. The van der Waals surface area contributed by atoms with Crippen molar-refractivity contribution in [2.24, 2.45) is 11.3 Å². The third-order valence-electron chi connectivity index (χ3n) is 8.05. The molecule has 2 fully saturated rings. The predicted molar refractivity (Wildman–Crippen MR) is 126 cm³/mol. The summed E-state index contributed by atoms with van der Waals surface area (Å²) in [6, 6.07) is 1.74. The maximum atomic E-state index is 13.4. The number of nitrogens with zero attached hydrogens (tertiary/aromatic N) is 5. The number of rotatable bonds is 6. The molecule has 1 N–H and O–H groups in total. The first-order valence-electron chi connectivity index (χ1n) is 12.8. The fourth-order valence-electron chi connectivity index (χ4n) is 5.77. The van der Waals surface area contributed by atoms with E-state index in [0.29, 0.717) is 30.8 Å². The number of aromatic nitrogens is 4. The van der Waals surface area contributed by atoms with Gasteiger partial charge in [0, 0.05) is 25.7 Å². The minimum Gasteiger partial charge on any atom is -0.352 e. The SMILES string of the molecule is Cc1nnn(C2CCN([C@@H]3CC[C@@](C(=O)NCc4cc(C(F)(F)F)cc(C(F)(F)F)c4)(C(C)C)C3)CC2)n1. The van der Waals surface area contributed by atoms with Crippen molar-refractivity contribution in [2.75, 3.05) is 13.1 Å². The van der Waals surface area contributed by atoms with Gasteiger partial charge in [0.1, 0.15) is 0 Å². The average molecular weight is 547 g/mol. The van der Waals surface area contributed by atoms with E-state index in [2.05, 4.69) is 25.6 Å². The van der Waals surface area contributed by atoms with Gasteiger partial charge in [-0.25, -0.2) is 0 Å². The molecule has 1 amide bonds. The molecule has 2 aliphatic rings. The lowest BCUT2D eigenvalue weighted by molar-refractivity contribution is -0.143. The van der Waals surface area contributed by atoms with Crippen molar-refractivity contribution in [3.05, 3.63) is 40.7 Å². The van der Waals surface area contributed by atoms with Crippen LogP contribution in [0.25, 0.3) is 0 Å². The molecule has 1 aromatic carbocycles. The van der Waals surface area contributed by atoms with Gasteiger partial charge in [-0.3, -0.25) is 4.79 Å². The third-order valence-corrected chi connectivity index (χ3v) is 8.05. The predicted octanol–water partition coefficient (Wildman–Crippen LogP) is 5.17. The minimum absolute atomic E-state index is 0.0559. The fraction of sp³-hybridized carbons (Fsp3) is 0.680. The van der Waals surface area contributed by atoms with Gasteiger partial charge in [-0.2, -0.15) is 31.1 Å². The summed E-state index contributed by atoms with van der Waals surface area (Å²) < 4.78 is 79.3. The zero-order chi connectivity index (χ0) is 27.9. The van der Waals surface area contributed by atoms with Crippen molar-refractivity contribution in [3.8, 4) is 0 Å². The number of carbonyl (C=O) groups is 1. The molecule has 4 rings (SSSR count). The number of piperidine rings is 1. The summed E-state index contributed by atoms with van der Waals surface area (Å²) in [5, 5.41) is 15.0. The van der Waals surface area contributed by atoms with E-state index in [1.54, 1.807) is 11.7 Å². The number of amides is 1. The van der Waals surface area contributed by atoms with Crippen molar-refractivity contribution in [2.45, 2.75) is 83.9 Å². The molecule has 1 aliphatic heterocycles. The Bertz CT molecular complexity index is 1110. The molecule has 2 aromatic rings. The van der Waals surface area contributed by atoms with Crippen molar-refractivity contribution in [1.82, 2.24) is 30.4 Å². The Morgan fingerprint density at radius 2 is 1.63 bits per heavy atom. The number of tetrazole rings is 1. The largest absolute Gasteiger partial charge is 0.416 e. The Kier molecular flexibility index (Phi) is 7.79. The highest BCUT2D eigenvalue weighted by Crippen LogP contribution is 2.47. The van der Waals surface area contributed by atoms with Crippen LogP contribution in [-0.4, -0.2) is 50.1 Å². The van der Waals surface area contributed by atoms with Gasteiger partial charge in [-0.1, -0.05) is 13.8 Å². The number of likely N-dealkylation sites (tertiary alicyclic amines) is 1. The van der Waals surface area contributed by atoms with E-state index in [0.717, 1.165) is 32.4 Å². The van der Waals surface area contributed by atoms with Crippen LogP contribution in [-0.2, 0) is 23.7 Å². The van der Waals surface area contributed by atoms with E-state index in [1.165, 1.54) is 0 Å². The normalized spacial score (nSPS) is 23.8. The Morgan fingerprint density at radius 3 is 2.13 bits per heavy atom. The maximum Gasteiger partial charge on any atom is 0.416 e. The number of nitrogens with one attached hydrogen (secondary N) is 1. The molecule has 1 aromatic heterocycles. The van der Waals surface area contributed by atoms with Crippen LogP contribution < -0.4 is 5.32 Å². The van der Waals surface area contributed by atoms with Crippen LogP contribution in [0.5, 0.6) is 0 Å². The quantitative estimate of drug-likeness (QED) is 0.507. The van der Waals surface area contributed by atoms with Gasteiger partial charge in [0.05, 0.1) is 22.6 Å². The standard InChI is InChI=1S/C25H32F6N6O/c1-15(2)23(7-4-21(13-23)36-8-5-20(6-9-36)37-34-16(3)33-35-37)22(38)32-14-17-10-18(24(26,27)28)12-19(11-17)25(29,30)31/h10-12,15,20-21H,4-9,13-14H2,1-3H3,(H,32,38)/t21-,23+/m1/s1. The summed E-state index contributed by atoms with van der Waals surface area (Å²) >= 11 is 0. The lowest BCUT2D eigenvalue weighted by Crippen LogP contribution is -2.46. The molecule has 0 radical (unpaired) electrons. The van der Waals surface area contributed by atoms with Gasteiger partial charge < -0.3 is 10.2 Å². The first-order valence-corrected chi connectivity index (χ1v) is 12.8. The van der Waals surface area contributed by atoms with E-state index in [4.69, 9.17) is 0 Å². The van der Waals surface area contributed by atoms with Crippen LogP contribution >= 0.6 is 0 Å². The monoisotopic (exact) mass is 546 g/mol. The van der Waals surface area contributed by atoms with Gasteiger partial charge in [0.25, 0.3) is 0 Å². The zero-order valence-electron chi connectivity index (χ0n) is 21.5. The average Bonchev–Trinajstić information content (AvgIpc) is 3.49. The molecule has 1 aliphatic carbocycles. The summed E-state index contributed by atoms with van der Waals surface area (Å²) in [5.41, 5.74) is -3.78. The van der Waals surface area contributed by atoms with Crippen LogP contribution in [0.2, 0.25) is 0 Å². The first-order chi connectivity index (χ1) is 17.7. The third kappa shape index (κ3) is 5.97. The summed E-state index contributed by atoms with van der Waals surface area (Å²) in [6.45, 7) is 6.86. The highest BCUT2D eigenvalue weighted by Gasteiger charge is 2.49. The second-order valence-electron chi connectivity index (χ2n) is 10.7. The van der Waals surface area contributed by atoms with Gasteiger partial charge in [0.15, 0.2) is 5.82 Å². The smallest absolute Gasteiger partial charge is 0.352 e. The fourth-order valence-corrected chi connectivity index (χ4v) is 5.77. The molecule has 0 unspecified atom stereocenters. The van der Waals surface area contributed by atoms with Crippen LogP contribution in [0.3, 0.4) is 0 Å². The van der Waals surface area contributed by atoms with Gasteiger partial charge in [-0.05, 0) is 73.9 Å². The molecular formula is C25H32F6N6O. The topological polar surface area (TPSA) is 75.9 Å². The van der Waals surface area contributed by atoms with Gasteiger partial charge >= 0.3 is 12.4 Å². The highest BCUT2D eigenvalue weighted by atomic mass is 19.4. The molecule has 0 spiro atoms. The van der Waals surface area contributed by atoms with E-state index in [9.17, 15) is 31.1 Å². The number of hydrogen-bond acceptors (Lipinski definition) is 5. The maximum absolute atomic E-state index is 13.4. The van der Waals surface area contributed by atoms with Crippen molar-refractivity contribution in [3.63, 3.8) is 0 Å².